The van der Waals surface area contributed by atoms with Crippen LogP contribution >= 0.6 is 0 Å². The van der Waals surface area contributed by atoms with Gasteiger partial charge >= 0.3 is 5.97 Å². The van der Waals surface area contributed by atoms with Crippen molar-refractivity contribution in [3.63, 3.8) is 0 Å². The number of ether oxygens (including phenoxy) is 4. The summed E-state index contributed by atoms with van der Waals surface area (Å²) in [6, 6.07) is 12.0. The molecule has 0 radical (unpaired) electrons. The molecule has 9 nitrogen and oxygen atoms in total. The Labute approximate surface area is 173 Å². The zero-order valence-corrected chi connectivity index (χ0v) is 16.4. The summed E-state index contributed by atoms with van der Waals surface area (Å²) in [5, 5.41) is 5.09. The number of benzene rings is 2. The van der Waals surface area contributed by atoms with Gasteiger partial charge in [0.15, 0.2) is 18.1 Å². The molecule has 30 heavy (non-hydrogen) atoms. The van der Waals surface area contributed by atoms with E-state index >= 15 is 0 Å². The standard InChI is InChI=1S/C21H22N2O7/c1-2-27-16-6-4-3-5-15(16)21(26)23-11-20(25)28-12-19(24)22-10-14-7-8-17-18(9-14)30-13-29-17/h3-9H,2,10-13H2,1H3,(H,22,24)(H,23,26). The fourth-order valence-corrected chi connectivity index (χ4v) is 2.68. The molecule has 2 N–H and O–H groups in total. The lowest BCUT2D eigenvalue weighted by Crippen LogP contribution is -2.34. The van der Waals surface area contributed by atoms with Gasteiger partial charge in [-0.15, -0.1) is 0 Å². The highest BCUT2D eigenvalue weighted by atomic mass is 16.7. The average Bonchev–Trinajstić information content (AvgIpc) is 3.23. The second kappa shape index (κ2) is 10.1. The van der Waals surface area contributed by atoms with E-state index in [9.17, 15) is 14.4 Å². The van der Waals surface area contributed by atoms with Gasteiger partial charge in [-0.3, -0.25) is 14.4 Å². The zero-order valence-electron chi connectivity index (χ0n) is 16.4. The van der Waals surface area contributed by atoms with Gasteiger partial charge in [0.05, 0.1) is 12.2 Å². The molecule has 2 aromatic rings. The topological polar surface area (TPSA) is 112 Å². The van der Waals surface area contributed by atoms with Crippen LogP contribution in [0.2, 0.25) is 0 Å². The number of fused-ring (bicyclic) bond motifs is 1. The monoisotopic (exact) mass is 414 g/mol. The first kappa shape index (κ1) is 21.0. The Balaban J connectivity index is 1.38. The molecule has 0 unspecified atom stereocenters. The molecule has 0 saturated heterocycles. The van der Waals surface area contributed by atoms with Gasteiger partial charge in [-0.05, 0) is 36.8 Å². The molecule has 1 aliphatic heterocycles. The molecule has 0 aromatic heterocycles. The molecule has 1 aliphatic rings. The zero-order chi connectivity index (χ0) is 21.3. The van der Waals surface area contributed by atoms with Crippen LogP contribution in [0.3, 0.4) is 0 Å². The Hall–Kier alpha value is -3.75. The lowest BCUT2D eigenvalue weighted by molar-refractivity contribution is -0.147. The van der Waals surface area contributed by atoms with Crippen LogP contribution in [0.1, 0.15) is 22.8 Å². The predicted molar refractivity (Wildman–Crippen MR) is 105 cm³/mol. The lowest BCUT2D eigenvalue weighted by atomic mass is 10.2. The van der Waals surface area contributed by atoms with Crippen molar-refractivity contribution in [3.05, 3.63) is 53.6 Å². The van der Waals surface area contributed by atoms with Gasteiger partial charge in [0, 0.05) is 6.54 Å². The van der Waals surface area contributed by atoms with E-state index in [1.54, 1.807) is 42.5 Å². The summed E-state index contributed by atoms with van der Waals surface area (Å²) in [6.45, 7) is 1.83. The van der Waals surface area contributed by atoms with E-state index in [-0.39, 0.29) is 19.9 Å². The molecular weight excluding hydrogens is 392 g/mol. The number of para-hydroxylation sites is 1. The summed E-state index contributed by atoms with van der Waals surface area (Å²) in [5.74, 6) is 0.0429. The highest BCUT2D eigenvalue weighted by molar-refractivity contribution is 5.98. The van der Waals surface area contributed by atoms with Gasteiger partial charge in [-0.2, -0.15) is 0 Å². The number of rotatable bonds is 9. The first-order valence-corrected chi connectivity index (χ1v) is 9.37. The minimum Gasteiger partial charge on any atom is -0.493 e. The van der Waals surface area contributed by atoms with Crippen molar-refractivity contribution in [2.45, 2.75) is 13.5 Å². The van der Waals surface area contributed by atoms with Gasteiger partial charge in [0.25, 0.3) is 11.8 Å². The molecule has 2 aromatic carbocycles. The van der Waals surface area contributed by atoms with E-state index in [2.05, 4.69) is 10.6 Å². The molecule has 0 fully saturated rings. The Morgan fingerprint density at radius 2 is 1.83 bits per heavy atom. The molecule has 0 spiro atoms. The van der Waals surface area contributed by atoms with Crippen LogP contribution in [0.4, 0.5) is 0 Å². The van der Waals surface area contributed by atoms with Gasteiger partial charge in [-0.1, -0.05) is 18.2 Å². The van der Waals surface area contributed by atoms with Crippen LogP contribution in [0, 0.1) is 0 Å². The first-order chi connectivity index (χ1) is 14.6. The fraction of sp³-hybridized carbons (Fsp3) is 0.286. The summed E-state index contributed by atoms with van der Waals surface area (Å²) < 4.78 is 20.8. The Bertz CT molecular complexity index is 929. The van der Waals surface area contributed by atoms with E-state index in [0.717, 1.165) is 5.56 Å². The number of esters is 1. The molecule has 3 rings (SSSR count). The maximum atomic E-state index is 12.2. The Kier molecular flexibility index (Phi) is 7.09. The van der Waals surface area contributed by atoms with Crippen LogP contribution in [-0.4, -0.2) is 44.3 Å². The molecular formula is C21H22N2O7. The first-order valence-electron chi connectivity index (χ1n) is 9.37. The lowest BCUT2D eigenvalue weighted by Gasteiger charge is -2.10. The van der Waals surface area contributed by atoms with Crippen molar-refractivity contribution in [1.82, 2.24) is 10.6 Å². The van der Waals surface area contributed by atoms with Crippen molar-refractivity contribution < 1.29 is 33.3 Å². The van der Waals surface area contributed by atoms with Crippen molar-refractivity contribution in [2.75, 3.05) is 26.6 Å². The van der Waals surface area contributed by atoms with Crippen molar-refractivity contribution in [2.24, 2.45) is 0 Å². The van der Waals surface area contributed by atoms with Crippen LogP contribution in [0.5, 0.6) is 17.2 Å². The van der Waals surface area contributed by atoms with Crippen LogP contribution in [-0.2, 0) is 20.9 Å². The highest BCUT2D eigenvalue weighted by Gasteiger charge is 2.15. The molecule has 0 bridgehead atoms. The van der Waals surface area contributed by atoms with Crippen LogP contribution in [0.25, 0.3) is 0 Å². The molecule has 0 aliphatic carbocycles. The number of hydrogen-bond donors (Lipinski definition) is 2. The van der Waals surface area contributed by atoms with E-state index < -0.39 is 24.4 Å². The van der Waals surface area contributed by atoms with E-state index in [1.807, 2.05) is 6.92 Å². The molecule has 1 heterocycles. The Morgan fingerprint density at radius 1 is 1.03 bits per heavy atom. The van der Waals surface area contributed by atoms with Crippen molar-refractivity contribution in [3.8, 4) is 17.2 Å². The van der Waals surface area contributed by atoms with Crippen molar-refractivity contribution >= 4 is 17.8 Å². The number of amides is 2. The second-order valence-corrected chi connectivity index (χ2v) is 6.24. The molecule has 0 saturated carbocycles. The van der Waals surface area contributed by atoms with Crippen molar-refractivity contribution in [1.29, 1.82) is 0 Å². The van der Waals surface area contributed by atoms with E-state index in [0.29, 0.717) is 29.4 Å². The average molecular weight is 414 g/mol. The van der Waals surface area contributed by atoms with Gasteiger partial charge in [-0.25, -0.2) is 0 Å². The molecule has 9 heteroatoms. The number of carbonyl (C=O) groups excluding carboxylic acids is 3. The quantitative estimate of drug-likeness (QED) is 0.597. The fourth-order valence-electron chi connectivity index (χ4n) is 2.68. The predicted octanol–water partition coefficient (Wildman–Crippen LogP) is 1.40. The van der Waals surface area contributed by atoms with Gasteiger partial charge in [0.1, 0.15) is 12.3 Å². The number of carbonyl (C=O) groups is 3. The summed E-state index contributed by atoms with van der Waals surface area (Å²) >= 11 is 0. The van der Waals surface area contributed by atoms with Gasteiger partial charge in [0.2, 0.25) is 6.79 Å². The minimum absolute atomic E-state index is 0.175. The second-order valence-electron chi connectivity index (χ2n) is 6.24. The van der Waals surface area contributed by atoms with Crippen LogP contribution < -0.4 is 24.8 Å². The maximum Gasteiger partial charge on any atom is 0.325 e. The smallest absolute Gasteiger partial charge is 0.325 e. The summed E-state index contributed by atoms with van der Waals surface area (Å²) in [4.78, 5) is 35.9. The van der Waals surface area contributed by atoms with E-state index in [4.69, 9.17) is 18.9 Å². The highest BCUT2D eigenvalue weighted by Crippen LogP contribution is 2.32. The summed E-state index contributed by atoms with van der Waals surface area (Å²) in [5.41, 5.74) is 1.13. The molecule has 0 atom stereocenters. The third kappa shape index (κ3) is 5.63. The number of nitrogens with one attached hydrogen (secondary N) is 2. The number of hydrogen-bond acceptors (Lipinski definition) is 7. The SMILES string of the molecule is CCOc1ccccc1C(=O)NCC(=O)OCC(=O)NCc1ccc2c(c1)OCO2. The summed E-state index contributed by atoms with van der Waals surface area (Å²) in [7, 11) is 0. The summed E-state index contributed by atoms with van der Waals surface area (Å²) in [6.07, 6.45) is 0. The maximum absolute atomic E-state index is 12.2. The van der Waals surface area contributed by atoms with E-state index in [1.165, 1.54) is 0 Å². The third-order valence-electron chi connectivity index (χ3n) is 4.12. The Morgan fingerprint density at radius 3 is 2.67 bits per heavy atom. The third-order valence-corrected chi connectivity index (χ3v) is 4.12. The molecule has 158 valence electrons. The molecule has 2 amide bonds. The minimum atomic E-state index is -0.726. The van der Waals surface area contributed by atoms with Gasteiger partial charge < -0.3 is 29.6 Å². The van der Waals surface area contributed by atoms with Crippen LogP contribution in [0.15, 0.2) is 42.5 Å². The normalized spacial score (nSPS) is 11.5. The largest absolute Gasteiger partial charge is 0.493 e.